The fourth-order valence-corrected chi connectivity index (χ4v) is 4.19. The molecule has 1 aliphatic rings. The molecule has 0 aliphatic carbocycles. The van der Waals surface area contributed by atoms with Gasteiger partial charge in [0.2, 0.25) is 0 Å². The van der Waals surface area contributed by atoms with E-state index in [4.69, 9.17) is 4.52 Å². The Morgan fingerprint density at radius 3 is 2.78 bits per heavy atom. The highest BCUT2D eigenvalue weighted by Gasteiger charge is 2.30. The number of benzene rings is 1. The molecule has 10 nitrogen and oxygen atoms in total. The van der Waals surface area contributed by atoms with Crippen molar-refractivity contribution in [2.45, 2.75) is 20.4 Å². The Hall–Kier alpha value is -4.31. The molecule has 1 amide bonds. The smallest absolute Gasteiger partial charge is 0.262 e. The monoisotopic (exact) mass is 484 g/mol. The zero-order valence-electron chi connectivity index (χ0n) is 20.5. The van der Waals surface area contributed by atoms with Crippen LogP contribution < -0.4 is 10.6 Å². The zero-order valence-corrected chi connectivity index (χ0v) is 20.5. The highest BCUT2D eigenvalue weighted by atomic mass is 16.5. The van der Waals surface area contributed by atoms with E-state index in [0.29, 0.717) is 17.0 Å². The van der Waals surface area contributed by atoms with Gasteiger partial charge in [0.1, 0.15) is 17.1 Å². The summed E-state index contributed by atoms with van der Waals surface area (Å²) in [7, 11) is 1.77. The summed E-state index contributed by atoms with van der Waals surface area (Å²) < 4.78 is 6.74. The fourth-order valence-electron chi connectivity index (χ4n) is 4.19. The normalized spacial score (nSPS) is 15.2. The minimum absolute atomic E-state index is 0.244. The SMILES string of the molecule is C/N=C(\C=C(\NC(=O)c1cnn2cccnc12)Nc1ccc(C)cc1)C1CN(Cc2cc(C)on2)C1. The molecule has 1 saturated heterocycles. The van der Waals surface area contributed by atoms with Crippen LogP contribution >= 0.6 is 0 Å². The van der Waals surface area contributed by atoms with E-state index in [0.717, 1.165) is 48.1 Å². The molecule has 1 aliphatic heterocycles. The van der Waals surface area contributed by atoms with Gasteiger partial charge in [0.15, 0.2) is 5.65 Å². The molecular weight excluding hydrogens is 456 g/mol. The minimum Gasteiger partial charge on any atom is -0.361 e. The van der Waals surface area contributed by atoms with Crippen molar-refractivity contribution < 1.29 is 9.32 Å². The standard InChI is InChI=1S/C26H28N8O2/c1-17-5-7-20(8-6-17)30-24(31-26(35)22-13-29-34-10-4-9-28-25(22)34)12-23(27-3)19-14-33(15-19)16-21-11-18(2)36-32-21/h4-13,19,30H,14-16H2,1-3H3,(H,31,35)/b24-12+,27-23+. The Morgan fingerprint density at radius 2 is 2.06 bits per heavy atom. The van der Waals surface area contributed by atoms with Gasteiger partial charge in [-0.05, 0) is 32.0 Å². The number of aryl methyl sites for hydroxylation is 2. The predicted octanol–water partition coefficient (Wildman–Crippen LogP) is 3.22. The van der Waals surface area contributed by atoms with Crippen LogP contribution in [-0.4, -0.2) is 56.4 Å². The number of allylic oxidation sites excluding steroid dienone is 1. The van der Waals surface area contributed by atoms with E-state index in [1.54, 1.807) is 30.0 Å². The fraction of sp³-hybridized carbons (Fsp3) is 0.269. The molecule has 4 heterocycles. The molecule has 0 saturated carbocycles. The number of rotatable bonds is 8. The molecule has 2 N–H and O–H groups in total. The highest BCUT2D eigenvalue weighted by molar-refractivity contribution is 6.03. The summed E-state index contributed by atoms with van der Waals surface area (Å²) in [6.07, 6.45) is 6.81. The summed E-state index contributed by atoms with van der Waals surface area (Å²) in [4.78, 5) is 24.3. The summed E-state index contributed by atoms with van der Waals surface area (Å²) in [5, 5.41) is 14.6. The van der Waals surface area contributed by atoms with Crippen molar-refractivity contribution in [2.24, 2.45) is 10.9 Å². The second-order valence-corrected chi connectivity index (χ2v) is 8.92. The lowest BCUT2D eigenvalue weighted by Crippen LogP contribution is -2.49. The van der Waals surface area contributed by atoms with Crippen molar-refractivity contribution in [3.63, 3.8) is 0 Å². The molecule has 0 atom stereocenters. The maximum atomic E-state index is 13.2. The van der Waals surface area contributed by atoms with Gasteiger partial charge in [0.25, 0.3) is 5.91 Å². The van der Waals surface area contributed by atoms with Crippen LogP contribution in [0.4, 0.5) is 5.69 Å². The van der Waals surface area contributed by atoms with Gasteiger partial charge in [-0.3, -0.25) is 14.7 Å². The van der Waals surface area contributed by atoms with Crippen LogP contribution in [-0.2, 0) is 6.54 Å². The predicted molar refractivity (Wildman–Crippen MR) is 137 cm³/mol. The molecule has 10 heteroatoms. The Balaban J connectivity index is 1.34. The van der Waals surface area contributed by atoms with Gasteiger partial charge in [-0.25, -0.2) is 9.50 Å². The number of fused-ring (bicyclic) bond motifs is 1. The van der Waals surface area contributed by atoms with Crippen molar-refractivity contribution in [2.75, 3.05) is 25.5 Å². The number of nitrogens with zero attached hydrogens (tertiary/aromatic N) is 6. The molecule has 5 rings (SSSR count). The van der Waals surface area contributed by atoms with Crippen molar-refractivity contribution in [3.05, 3.63) is 89.5 Å². The van der Waals surface area contributed by atoms with E-state index < -0.39 is 0 Å². The van der Waals surface area contributed by atoms with Gasteiger partial charge in [0.05, 0.1) is 11.9 Å². The Morgan fingerprint density at radius 1 is 1.25 bits per heavy atom. The molecule has 184 valence electrons. The number of aromatic nitrogens is 4. The molecular formula is C26H28N8O2. The molecule has 3 aromatic heterocycles. The van der Waals surface area contributed by atoms with Gasteiger partial charge >= 0.3 is 0 Å². The summed E-state index contributed by atoms with van der Waals surface area (Å²) >= 11 is 0. The number of anilines is 1. The van der Waals surface area contributed by atoms with Crippen LogP contribution in [0, 0.1) is 19.8 Å². The first-order valence-electron chi connectivity index (χ1n) is 11.7. The second kappa shape index (κ2) is 10.1. The summed E-state index contributed by atoms with van der Waals surface area (Å²) in [5.41, 5.74) is 4.71. The summed E-state index contributed by atoms with van der Waals surface area (Å²) in [6, 6.07) is 11.7. The number of hydrogen-bond donors (Lipinski definition) is 2. The zero-order chi connectivity index (χ0) is 25.1. The molecule has 4 aromatic rings. The van der Waals surface area contributed by atoms with Crippen LogP contribution in [0.15, 0.2) is 76.4 Å². The minimum atomic E-state index is -0.304. The van der Waals surface area contributed by atoms with Crippen LogP contribution in [0.1, 0.15) is 27.4 Å². The molecule has 0 spiro atoms. The Bertz CT molecular complexity index is 1430. The maximum absolute atomic E-state index is 13.2. The lowest BCUT2D eigenvalue weighted by atomic mass is 9.93. The van der Waals surface area contributed by atoms with Crippen molar-refractivity contribution >= 4 is 23.0 Å². The van der Waals surface area contributed by atoms with E-state index in [2.05, 4.69) is 35.8 Å². The van der Waals surface area contributed by atoms with E-state index in [1.807, 2.05) is 50.3 Å². The van der Waals surface area contributed by atoms with Crippen LogP contribution in [0.2, 0.25) is 0 Å². The van der Waals surface area contributed by atoms with Gasteiger partial charge in [0, 0.05) is 68.5 Å². The Labute approximate surface area is 208 Å². The third-order valence-corrected chi connectivity index (χ3v) is 6.09. The van der Waals surface area contributed by atoms with Crippen LogP contribution in [0.25, 0.3) is 5.65 Å². The average molecular weight is 485 g/mol. The third kappa shape index (κ3) is 5.18. The molecule has 0 bridgehead atoms. The molecule has 1 fully saturated rings. The number of aliphatic imine (C=N–C) groups is 1. The maximum Gasteiger partial charge on any atom is 0.262 e. The lowest BCUT2D eigenvalue weighted by Gasteiger charge is -2.38. The second-order valence-electron chi connectivity index (χ2n) is 8.92. The van der Waals surface area contributed by atoms with Crippen molar-refractivity contribution in [1.82, 2.24) is 30.0 Å². The largest absolute Gasteiger partial charge is 0.361 e. The van der Waals surface area contributed by atoms with E-state index in [-0.39, 0.29) is 11.8 Å². The topological polar surface area (TPSA) is 113 Å². The molecule has 0 radical (unpaired) electrons. The quantitative estimate of drug-likeness (QED) is 0.369. The highest BCUT2D eigenvalue weighted by Crippen LogP contribution is 2.22. The molecule has 0 unspecified atom stereocenters. The Kier molecular flexibility index (Phi) is 6.59. The number of hydrogen-bond acceptors (Lipinski definition) is 8. The third-order valence-electron chi connectivity index (χ3n) is 6.09. The van der Waals surface area contributed by atoms with E-state index >= 15 is 0 Å². The first-order valence-corrected chi connectivity index (χ1v) is 11.7. The van der Waals surface area contributed by atoms with Gasteiger partial charge in [-0.1, -0.05) is 22.9 Å². The van der Waals surface area contributed by atoms with E-state index in [1.165, 1.54) is 6.20 Å². The van der Waals surface area contributed by atoms with Crippen molar-refractivity contribution in [1.29, 1.82) is 0 Å². The number of nitrogens with one attached hydrogen (secondary N) is 2. The molecule has 1 aromatic carbocycles. The van der Waals surface area contributed by atoms with E-state index in [9.17, 15) is 4.79 Å². The van der Waals surface area contributed by atoms with Gasteiger partial charge < -0.3 is 15.2 Å². The summed E-state index contributed by atoms with van der Waals surface area (Å²) in [5.74, 6) is 1.28. The first kappa shape index (κ1) is 23.4. The van der Waals surface area contributed by atoms with Gasteiger partial charge in [-0.15, -0.1) is 0 Å². The van der Waals surface area contributed by atoms with Gasteiger partial charge in [-0.2, -0.15) is 5.10 Å². The summed E-state index contributed by atoms with van der Waals surface area (Å²) in [6.45, 7) is 6.35. The number of likely N-dealkylation sites (tertiary alicyclic amines) is 1. The number of carbonyl (C=O) groups is 1. The lowest BCUT2D eigenvalue weighted by molar-refractivity contribution is 0.0967. The number of amides is 1. The van der Waals surface area contributed by atoms with Crippen LogP contribution in [0.3, 0.4) is 0 Å². The first-order chi connectivity index (χ1) is 17.5. The molecule has 36 heavy (non-hydrogen) atoms. The average Bonchev–Trinajstić information content (AvgIpc) is 3.47. The number of carbonyl (C=O) groups excluding carboxylic acids is 1. The van der Waals surface area contributed by atoms with Crippen molar-refractivity contribution in [3.8, 4) is 0 Å². The van der Waals surface area contributed by atoms with Crippen LogP contribution in [0.5, 0.6) is 0 Å².